The summed E-state index contributed by atoms with van der Waals surface area (Å²) in [7, 11) is 1.63. The molecule has 96 valence electrons. The van der Waals surface area contributed by atoms with Gasteiger partial charge in [-0.1, -0.05) is 12.8 Å². The molecule has 2 aromatic heterocycles. The Kier molecular flexibility index (Phi) is 3.18. The van der Waals surface area contributed by atoms with Crippen LogP contribution in [0.2, 0.25) is 0 Å². The van der Waals surface area contributed by atoms with Crippen LogP contribution in [-0.4, -0.2) is 28.7 Å². The van der Waals surface area contributed by atoms with E-state index in [2.05, 4.69) is 29.2 Å². The minimum Gasteiger partial charge on any atom is -0.481 e. The molecule has 1 aliphatic heterocycles. The number of fused-ring (bicyclic) bond motifs is 1. The standard InChI is InChI=1S/C13H17N3OS/c1-17-13-5-4-12-11(15-13)8-10(16(12)18)7-9-3-2-6-14-9/h4-5,8-9,14,18H,2-3,6-7H2,1H3/t9-/m1/s1. The lowest BCUT2D eigenvalue weighted by Gasteiger charge is -2.10. The Bertz CT molecular complexity index is 561. The first-order valence-electron chi connectivity index (χ1n) is 6.26. The molecule has 0 saturated carbocycles. The van der Waals surface area contributed by atoms with Gasteiger partial charge < -0.3 is 10.1 Å². The van der Waals surface area contributed by atoms with E-state index in [1.54, 1.807) is 7.11 Å². The van der Waals surface area contributed by atoms with E-state index in [0.29, 0.717) is 11.9 Å². The molecule has 0 spiro atoms. The first-order valence-corrected chi connectivity index (χ1v) is 6.66. The molecule has 18 heavy (non-hydrogen) atoms. The summed E-state index contributed by atoms with van der Waals surface area (Å²) in [5.74, 6) is 0.645. The summed E-state index contributed by atoms with van der Waals surface area (Å²) >= 11 is 4.56. The van der Waals surface area contributed by atoms with E-state index in [4.69, 9.17) is 4.74 Å². The van der Waals surface area contributed by atoms with Gasteiger partial charge in [-0.15, -0.1) is 0 Å². The van der Waals surface area contributed by atoms with E-state index in [1.807, 2.05) is 16.1 Å². The number of hydrogen-bond acceptors (Lipinski definition) is 4. The van der Waals surface area contributed by atoms with Gasteiger partial charge in [0.2, 0.25) is 5.88 Å². The second-order valence-electron chi connectivity index (χ2n) is 4.70. The summed E-state index contributed by atoms with van der Waals surface area (Å²) in [5, 5.41) is 3.51. The number of ether oxygens (including phenoxy) is 1. The number of aromatic nitrogens is 2. The van der Waals surface area contributed by atoms with Gasteiger partial charge in [0.05, 0.1) is 18.1 Å². The molecular weight excluding hydrogens is 246 g/mol. The molecule has 1 aliphatic rings. The number of methoxy groups -OCH3 is 1. The van der Waals surface area contributed by atoms with E-state index >= 15 is 0 Å². The maximum absolute atomic E-state index is 5.15. The Morgan fingerprint density at radius 2 is 2.44 bits per heavy atom. The number of nitrogens with one attached hydrogen (secondary N) is 1. The lowest BCUT2D eigenvalue weighted by atomic mass is 10.1. The van der Waals surface area contributed by atoms with Crippen LogP contribution in [0.15, 0.2) is 18.2 Å². The molecule has 5 heteroatoms. The van der Waals surface area contributed by atoms with Gasteiger partial charge in [0.15, 0.2) is 0 Å². The number of pyridine rings is 1. The lowest BCUT2D eigenvalue weighted by molar-refractivity contribution is 0.399. The van der Waals surface area contributed by atoms with E-state index in [0.717, 1.165) is 24.0 Å². The molecule has 1 saturated heterocycles. The van der Waals surface area contributed by atoms with Crippen molar-refractivity contribution in [1.29, 1.82) is 0 Å². The topological polar surface area (TPSA) is 39.1 Å². The second-order valence-corrected chi connectivity index (χ2v) is 5.10. The molecule has 0 radical (unpaired) electrons. The fourth-order valence-electron chi connectivity index (χ4n) is 2.55. The van der Waals surface area contributed by atoms with E-state index in [9.17, 15) is 0 Å². The SMILES string of the molecule is COc1ccc2c(cc(C[C@H]3CCCN3)n2S)n1. The van der Waals surface area contributed by atoms with Gasteiger partial charge in [0, 0.05) is 24.2 Å². The zero-order chi connectivity index (χ0) is 12.5. The van der Waals surface area contributed by atoms with Gasteiger partial charge in [-0.25, -0.2) is 4.98 Å². The van der Waals surface area contributed by atoms with Crippen molar-refractivity contribution in [3.05, 3.63) is 23.9 Å². The molecule has 0 bridgehead atoms. The highest BCUT2D eigenvalue weighted by Crippen LogP contribution is 2.24. The fraction of sp³-hybridized carbons (Fsp3) is 0.462. The van der Waals surface area contributed by atoms with Crippen LogP contribution in [0.5, 0.6) is 5.88 Å². The minimum atomic E-state index is 0.571. The van der Waals surface area contributed by atoms with Crippen molar-refractivity contribution in [2.24, 2.45) is 0 Å². The predicted octanol–water partition coefficient (Wildman–Crippen LogP) is 2.03. The van der Waals surface area contributed by atoms with Crippen LogP contribution in [-0.2, 0) is 6.42 Å². The monoisotopic (exact) mass is 263 g/mol. The predicted molar refractivity (Wildman–Crippen MR) is 75.4 cm³/mol. The maximum atomic E-state index is 5.15. The van der Waals surface area contributed by atoms with Crippen molar-refractivity contribution in [1.82, 2.24) is 14.3 Å². The number of hydrogen-bond donors (Lipinski definition) is 2. The molecule has 0 amide bonds. The second kappa shape index (κ2) is 4.82. The number of rotatable bonds is 3. The van der Waals surface area contributed by atoms with Crippen LogP contribution in [0.4, 0.5) is 0 Å². The Labute approximate surface area is 112 Å². The lowest BCUT2D eigenvalue weighted by Crippen LogP contribution is -2.24. The number of nitrogens with zero attached hydrogens (tertiary/aromatic N) is 2. The van der Waals surface area contributed by atoms with E-state index < -0.39 is 0 Å². The summed E-state index contributed by atoms with van der Waals surface area (Å²) in [4.78, 5) is 4.44. The van der Waals surface area contributed by atoms with Gasteiger partial charge in [0.25, 0.3) is 0 Å². The van der Waals surface area contributed by atoms with Crippen LogP contribution < -0.4 is 10.1 Å². The molecule has 1 N–H and O–H groups in total. The third-order valence-corrected chi connectivity index (χ3v) is 3.98. The highest BCUT2D eigenvalue weighted by Gasteiger charge is 2.17. The smallest absolute Gasteiger partial charge is 0.213 e. The molecule has 0 aliphatic carbocycles. The van der Waals surface area contributed by atoms with E-state index in [-0.39, 0.29) is 0 Å². The molecule has 3 rings (SSSR count). The largest absolute Gasteiger partial charge is 0.481 e. The summed E-state index contributed by atoms with van der Waals surface area (Å²) in [6.45, 7) is 1.13. The zero-order valence-electron chi connectivity index (χ0n) is 10.4. The molecule has 2 aromatic rings. The van der Waals surface area contributed by atoms with E-state index in [1.165, 1.54) is 18.5 Å². The Balaban J connectivity index is 1.94. The van der Waals surface area contributed by atoms with Crippen molar-refractivity contribution in [3.63, 3.8) is 0 Å². The summed E-state index contributed by atoms with van der Waals surface area (Å²) in [6, 6.07) is 6.54. The molecule has 1 atom stereocenters. The Morgan fingerprint density at radius 3 is 3.17 bits per heavy atom. The maximum Gasteiger partial charge on any atom is 0.213 e. The summed E-state index contributed by atoms with van der Waals surface area (Å²) < 4.78 is 7.08. The average Bonchev–Trinajstić information content (AvgIpc) is 2.99. The Morgan fingerprint density at radius 1 is 1.56 bits per heavy atom. The van der Waals surface area contributed by atoms with Crippen molar-refractivity contribution in [3.8, 4) is 5.88 Å². The van der Waals surface area contributed by atoms with Crippen molar-refractivity contribution in [2.45, 2.75) is 25.3 Å². The normalized spacial score (nSPS) is 19.6. The molecule has 4 nitrogen and oxygen atoms in total. The highest BCUT2D eigenvalue weighted by atomic mass is 32.1. The van der Waals surface area contributed by atoms with Gasteiger partial charge in [-0.2, -0.15) is 0 Å². The van der Waals surface area contributed by atoms with Crippen LogP contribution >= 0.6 is 12.8 Å². The third-order valence-electron chi connectivity index (χ3n) is 3.51. The molecule has 3 heterocycles. The Hall–Kier alpha value is -1.20. The van der Waals surface area contributed by atoms with Crippen LogP contribution in [0, 0.1) is 0 Å². The zero-order valence-corrected chi connectivity index (χ0v) is 11.3. The quantitative estimate of drug-likeness (QED) is 0.832. The van der Waals surface area contributed by atoms with Crippen molar-refractivity contribution >= 4 is 23.8 Å². The average molecular weight is 263 g/mol. The molecular formula is C13H17N3OS. The van der Waals surface area contributed by atoms with Gasteiger partial charge >= 0.3 is 0 Å². The van der Waals surface area contributed by atoms with Gasteiger partial charge in [0.1, 0.15) is 0 Å². The van der Waals surface area contributed by atoms with Crippen LogP contribution in [0.25, 0.3) is 11.0 Å². The third kappa shape index (κ3) is 2.08. The van der Waals surface area contributed by atoms with Crippen molar-refractivity contribution < 1.29 is 4.74 Å². The number of thiol groups is 1. The highest BCUT2D eigenvalue weighted by molar-refractivity contribution is 7.78. The first-order chi connectivity index (χ1) is 8.78. The fourth-order valence-corrected chi connectivity index (χ4v) is 2.86. The molecule has 1 fully saturated rings. The van der Waals surface area contributed by atoms with Gasteiger partial charge in [-0.05, 0) is 31.5 Å². The minimum absolute atomic E-state index is 0.571. The van der Waals surface area contributed by atoms with Crippen LogP contribution in [0.3, 0.4) is 0 Å². The van der Waals surface area contributed by atoms with Crippen LogP contribution in [0.1, 0.15) is 18.5 Å². The summed E-state index contributed by atoms with van der Waals surface area (Å²) in [6.07, 6.45) is 3.51. The molecule has 0 aromatic carbocycles. The summed E-state index contributed by atoms with van der Waals surface area (Å²) in [5.41, 5.74) is 3.18. The van der Waals surface area contributed by atoms with Crippen molar-refractivity contribution in [2.75, 3.05) is 13.7 Å². The first kappa shape index (κ1) is 11.9. The molecule has 0 unspecified atom stereocenters. The van der Waals surface area contributed by atoms with Gasteiger partial charge in [-0.3, -0.25) is 3.97 Å².